The van der Waals surface area contributed by atoms with Crippen molar-refractivity contribution >= 4 is 21.7 Å². The van der Waals surface area contributed by atoms with E-state index in [0.717, 1.165) is 16.7 Å². The lowest BCUT2D eigenvalue weighted by atomic mass is 10.0. The molecule has 84 valence electrons. The molecule has 0 aliphatic heterocycles. The molecule has 1 heterocycles. The molecule has 1 atom stereocenters. The first kappa shape index (κ1) is 12.5. The monoisotopic (exact) mass is 270 g/mol. The standard InChI is InChI=1S/C12H19BrN2/c1-5-11(8(2)3)15-12-6-9(4)10(13)7-14-12/h6-8,11H,5H2,1-4H3,(H,14,15). The fourth-order valence-corrected chi connectivity index (χ4v) is 1.77. The molecular weight excluding hydrogens is 252 g/mol. The van der Waals surface area contributed by atoms with Crippen LogP contribution in [0.2, 0.25) is 0 Å². The fourth-order valence-electron chi connectivity index (χ4n) is 1.55. The van der Waals surface area contributed by atoms with Gasteiger partial charge in [-0.15, -0.1) is 0 Å². The first-order valence-electron chi connectivity index (χ1n) is 5.43. The summed E-state index contributed by atoms with van der Waals surface area (Å²) in [5.41, 5.74) is 1.21. The number of aromatic nitrogens is 1. The molecule has 1 rings (SSSR count). The maximum atomic E-state index is 4.35. The smallest absolute Gasteiger partial charge is 0.126 e. The van der Waals surface area contributed by atoms with Crippen LogP contribution in [0.1, 0.15) is 32.8 Å². The minimum Gasteiger partial charge on any atom is -0.367 e. The van der Waals surface area contributed by atoms with E-state index >= 15 is 0 Å². The number of nitrogens with zero attached hydrogens (tertiary/aromatic N) is 1. The molecule has 0 bridgehead atoms. The second-order valence-corrected chi connectivity index (χ2v) is 5.08. The van der Waals surface area contributed by atoms with E-state index in [2.05, 4.69) is 60.0 Å². The Morgan fingerprint density at radius 3 is 2.60 bits per heavy atom. The summed E-state index contributed by atoms with van der Waals surface area (Å²) in [5, 5.41) is 3.46. The van der Waals surface area contributed by atoms with Gasteiger partial charge in [0.25, 0.3) is 0 Å². The minimum absolute atomic E-state index is 0.498. The first-order chi connectivity index (χ1) is 7.04. The molecule has 2 nitrogen and oxygen atoms in total. The average Bonchev–Trinajstić information content (AvgIpc) is 2.19. The van der Waals surface area contributed by atoms with Crippen LogP contribution in [0.15, 0.2) is 16.7 Å². The van der Waals surface area contributed by atoms with E-state index in [9.17, 15) is 0 Å². The van der Waals surface area contributed by atoms with Gasteiger partial charge >= 0.3 is 0 Å². The summed E-state index contributed by atoms with van der Waals surface area (Å²) in [6, 6.07) is 2.58. The molecule has 0 aromatic carbocycles. The highest BCUT2D eigenvalue weighted by Crippen LogP contribution is 2.19. The van der Waals surface area contributed by atoms with E-state index in [4.69, 9.17) is 0 Å². The largest absolute Gasteiger partial charge is 0.367 e. The van der Waals surface area contributed by atoms with E-state index in [0.29, 0.717) is 12.0 Å². The van der Waals surface area contributed by atoms with Crippen LogP contribution in [0.5, 0.6) is 0 Å². The predicted molar refractivity (Wildman–Crippen MR) is 69.2 cm³/mol. The van der Waals surface area contributed by atoms with Gasteiger partial charge in [-0.2, -0.15) is 0 Å². The number of anilines is 1. The zero-order valence-electron chi connectivity index (χ0n) is 9.84. The molecule has 0 aliphatic rings. The summed E-state index contributed by atoms with van der Waals surface area (Å²) in [5.74, 6) is 1.59. The summed E-state index contributed by atoms with van der Waals surface area (Å²) in [6.07, 6.45) is 2.97. The van der Waals surface area contributed by atoms with Gasteiger partial charge in [-0.05, 0) is 46.8 Å². The average molecular weight is 271 g/mol. The van der Waals surface area contributed by atoms with Gasteiger partial charge < -0.3 is 5.32 Å². The maximum Gasteiger partial charge on any atom is 0.126 e. The second kappa shape index (κ2) is 5.50. The van der Waals surface area contributed by atoms with Crippen molar-refractivity contribution in [1.29, 1.82) is 0 Å². The van der Waals surface area contributed by atoms with Crippen molar-refractivity contribution in [3.63, 3.8) is 0 Å². The number of pyridine rings is 1. The highest BCUT2D eigenvalue weighted by molar-refractivity contribution is 9.10. The molecule has 1 N–H and O–H groups in total. The van der Waals surface area contributed by atoms with Crippen molar-refractivity contribution in [3.05, 3.63) is 22.3 Å². The van der Waals surface area contributed by atoms with Crippen molar-refractivity contribution in [2.45, 2.75) is 40.2 Å². The Morgan fingerprint density at radius 2 is 2.13 bits per heavy atom. The molecular formula is C12H19BrN2. The molecule has 0 aliphatic carbocycles. The summed E-state index contributed by atoms with van der Waals surface area (Å²) in [7, 11) is 0. The zero-order valence-corrected chi connectivity index (χ0v) is 11.4. The van der Waals surface area contributed by atoms with Gasteiger partial charge in [-0.3, -0.25) is 0 Å². The van der Waals surface area contributed by atoms with Crippen LogP contribution in [0.4, 0.5) is 5.82 Å². The molecule has 0 spiro atoms. The summed E-state index contributed by atoms with van der Waals surface area (Å²) < 4.78 is 1.06. The van der Waals surface area contributed by atoms with Gasteiger partial charge in [-0.25, -0.2) is 4.98 Å². The van der Waals surface area contributed by atoms with Crippen LogP contribution in [0.25, 0.3) is 0 Å². The van der Waals surface area contributed by atoms with Crippen LogP contribution in [0.3, 0.4) is 0 Å². The number of nitrogens with one attached hydrogen (secondary N) is 1. The molecule has 1 aromatic rings. The molecule has 0 saturated heterocycles. The molecule has 0 fully saturated rings. The third-order valence-corrected chi connectivity index (χ3v) is 3.45. The summed E-state index contributed by atoms with van der Waals surface area (Å²) in [4.78, 5) is 4.35. The highest BCUT2D eigenvalue weighted by Gasteiger charge is 2.11. The molecule has 1 unspecified atom stereocenters. The molecule has 0 amide bonds. The van der Waals surface area contributed by atoms with Crippen LogP contribution in [-0.2, 0) is 0 Å². The Hall–Kier alpha value is -0.570. The molecule has 0 radical (unpaired) electrons. The third-order valence-electron chi connectivity index (χ3n) is 2.62. The lowest BCUT2D eigenvalue weighted by molar-refractivity contribution is 0.510. The Bertz CT molecular complexity index is 323. The van der Waals surface area contributed by atoms with Crippen LogP contribution in [0, 0.1) is 12.8 Å². The number of aryl methyl sites for hydroxylation is 1. The van der Waals surface area contributed by atoms with Crippen LogP contribution >= 0.6 is 15.9 Å². The molecule has 3 heteroatoms. The topological polar surface area (TPSA) is 24.9 Å². The van der Waals surface area contributed by atoms with Crippen LogP contribution < -0.4 is 5.32 Å². The van der Waals surface area contributed by atoms with E-state index in [1.54, 1.807) is 0 Å². The number of hydrogen-bond donors (Lipinski definition) is 1. The Balaban J connectivity index is 2.75. The Labute approximate surface area is 101 Å². The van der Waals surface area contributed by atoms with Gasteiger partial charge in [0.1, 0.15) is 5.82 Å². The quantitative estimate of drug-likeness (QED) is 0.895. The molecule has 0 saturated carbocycles. The minimum atomic E-state index is 0.498. The van der Waals surface area contributed by atoms with E-state index in [-0.39, 0.29) is 0 Å². The normalized spacial score (nSPS) is 12.9. The van der Waals surface area contributed by atoms with Crippen molar-refractivity contribution in [1.82, 2.24) is 4.98 Å². The highest BCUT2D eigenvalue weighted by atomic mass is 79.9. The predicted octanol–water partition coefficient (Wildman–Crippen LogP) is 4.00. The zero-order chi connectivity index (χ0) is 11.4. The van der Waals surface area contributed by atoms with Gasteiger partial charge in [-0.1, -0.05) is 20.8 Å². The summed E-state index contributed by atoms with van der Waals surface area (Å²) >= 11 is 3.45. The van der Waals surface area contributed by atoms with Crippen molar-refractivity contribution in [2.24, 2.45) is 5.92 Å². The number of rotatable bonds is 4. The van der Waals surface area contributed by atoms with E-state index in [1.165, 1.54) is 5.56 Å². The lowest BCUT2D eigenvalue weighted by Crippen LogP contribution is -2.25. The van der Waals surface area contributed by atoms with Gasteiger partial charge in [0, 0.05) is 16.7 Å². The van der Waals surface area contributed by atoms with Crippen molar-refractivity contribution < 1.29 is 0 Å². The summed E-state index contributed by atoms with van der Waals surface area (Å²) in [6.45, 7) is 8.73. The number of halogens is 1. The maximum absolute atomic E-state index is 4.35. The Morgan fingerprint density at radius 1 is 1.47 bits per heavy atom. The van der Waals surface area contributed by atoms with E-state index in [1.807, 2.05) is 6.20 Å². The third kappa shape index (κ3) is 3.49. The van der Waals surface area contributed by atoms with Crippen molar-refractivity contribution in [3.8, 4) is 0 Å². The van der Waals surface area contributed by atoms with Crippen LogP contribution in [-0.4, -0.2) is 11.0 Å². The van der Waals surface area contributed by atoms with Gasteiger partial charge in [0.15, 0.2) is 0 Å². The first-order valence-corrected chi connectivity index (χ1v) is 6.22. The Kier molecular flexibility index (Phi) is 4.58. The SMILES string of the molecule is CCC(Nc1cc(C)c(Br)cn1)C(C)C. The number of hydrogen-bond acceptors (Lipinski definition) is 2. The molecule has 1 aromatic heterocycles. The van der Waals surface area contributed by atoms with Crippen molar-refractivity contribution in [2.75, 3.05) is 5.32 Å². The van der Waals surface area contributed by atoms with Gasteiger partial charge in [0.05, 0.1) is 0 Å². The molecule has 15 heavy (non-hydrogen) atoms. The second-order valence-electron chi connectivity index (χ2n) is 4.22. The lowest BCUT2D eigenvalue weighted by Gasteiger charge is -2.21. The fraction of sp³-hybridized carbons (Fsp3) is 0.583. The van der Waals surface area contributed by atoms with Gasteiger partial charge in [0.2, 0.25) is 0 Å². The van der Waals surface area contributed by atoms with E-state index < -0.39 is 0 Å².